The Balaban J connectivity index is 1.32. The fourth-order valence-electron chi connectivity index (χ4n) is 3.31. The summed E-state index contributed by atoms with van der Waals surface area (Å²) in [5.41, 5.74) is 7.63. The molecule has 0 atom stereocenters. The van der Waals surface area contributed by atoms with Gasteiger partial charge in [0, 0.05) is 44.5 Å². The standard InChI is InChI=1S/C18H21N9O2/c1-25-17-15(23-24-25)18(21-11-20-17)27-8-6-26(7-9-27)10-14(28)22-13-4-2-12(3-5-13)16(19)29/h2-5,11H,6-10H2,1H3,(H2,19,29)(H,22,28). The number of primary amides is 1. The predicted octanol–water partition coefficient (Wildman–Crippen LogP) is -0.382. The van der Waals surface area contributed by atoms with E-state index in [1.165, 1.54) is 6.33 Å². The molecule has 3 N–H and O–H groups in total. The summed E-state index contributed by atoms with van der Waals surface area (Å²) in [6.45, 7) is 3.18. The molecule has 29 heavy (non-hydrogen) atoms. The van der Waals surface area contributed by atoms with Crippen LogP contribution in [0, 0.1) is 0 Å². The average molecular weight is 395 g/mol. The number of carbonyl (C=O) groups is 2. The molecule has 0 bridgehead atoms. The number of aromatic nitrogens is 5. The first-order valence-corrected chi connectivity index (χ1v) is 9.18. The zero-order valence-corrected chi connectivity index (χ0v) is 15.9. The predicted molar refractivity (Wildman–Crippen MR) is 106 cm³/mol. The van der Waals surface area contributed by atoms with Crippen molar-refractivity contribution in [3.63, 3.8) is 0 Å². The van der Waals surface area contributed by atoms with Gasteiger partial charge in [0.2, 0.25) is 11.8 Å². The van der Waals surface area contributed by atoms with Crippen molar-refractivity contribution in [2.45, 2.75) is 0 Å². The van der Waals surface area contributed by atoms with Crippen LogP contribution in [0.5, 0.6) is 0 Å². The number of fused-ring (bicyclic) bond motifs is 1. The van der Waals surface area contributed by atoms with E-state index in [2.05, 4.69) is 35.4 Å². The van der Waals surface area contributed by atoms with E-state index in [0.29, 0.717) is 22.4 Å². The van der Waals surface area contributed by atoms with Gasteiger partial charge in [-0.2, -0.15) is 0 Å². The van der Waals surface area contributed by atoms with Crippen LogP contribution in [0.15, 0.2) is 30.6 Å². The summed E-state index contributed by atoms with van der Waals surface area (Å²) < 4.78 is 1.62. The van der Waals surface area contributed by atoms with Crippen LogP contribution >= 0.6 is 0 Å². The van der Waals surface area contributed by atoms with E-state index >= 15 is 0 Å². The zero-order chi connectivity index (χ0) is 20.4. The van der Waals surface area contributed by atoms with Crippen molar-refractivity contribution < 1.29 is 9.59 Å². The summed E-state index contributed by atoms with van der Waals surface area (Å²) in [5.74, 6) is 0.161. The molecule has 2 amide bonds. The third-order valence-electron chi connectivity index (χ3n) is 4.86. The summed E-state index contributed by atoms with van der Waals surface area (Å²) in [6, 6.07) is 6.51. The Bertz CT molecular complexity index is 1040. The number of aryl methyl sites for hydroxylation is 1. The Hall–Kier alpha value is -3.60. The molecule has 0 saturated carbocycles. The van der Waals surface area contributed by atoms with Crippen molar-refractivity contribution in [3.05, 3.63) is 36.2 Å². The molecule has 1 fully saturated rings. The van der Waals surface area contributed by atoms with E-state index in [4.69, 9.17) is 5.73 Å². The van der Waals surface area contributed by atoms with E-state index in [1.807, 2.05) is 0 Å². The van der Waals surface area contributed by atoms with Gasteiger partial charge in [-0.25, -0.2) is 14.6 Å². The summed E-state index contributed by atoms with van der Waals surface area (Å²) in [5, 5.41) is 11.0. The van der Waals surface area contributed by atoms with Gasteiger partial charge in [-0.15, -0.1) is 5.10 Å². The van der Waals surface area contributed by atoms with Gasteiger partial charge in [0.25, 0.3) is 0 Å². The third-order valence-corrected chi connectivity index (χ3v) is 4.86. The van der Waals surface area contributed by atoms with Crippen molar-refractivity contribution >= 4 is 34.5 Å². The van der Waals surface area contributed by atoms with Crippen molar-refractivity contribution in [2.24, 2.45) is 12.8 Å². The smallest absolute Gasteiger partial charge is 0.248 e. The van der Waals surface area contributed by atoms with Gasteiger partial charge in [0.05, 0.1) is 6.54 Å². The second-order valence-electron chi connectivity index (χ2n) is 6.84. The first-order valence-electron chi connectivity index (χ1n) is 9.18. The maximum Gasteiger partial charge on any atom is 0.248 e. The van der Waals surface area contributed by atoms with Gasteiger partial charge < -0.3 is 16.0 Å². The first kappa shape index (κ1) is 18.7. The highest BCUT2D eigenvalue weighted by molar-refractivity contribution is 5.95. The lowest BCUT2D eigenvalue weighted by Crippen LogP contribution is -2.49. The molecule has 2 aromatic heterocycles. The minimum atomic E-state index is -0.497. The van der Waals surface area contributed by atoms with Gasteiger partial charge in [-0.3, -0.25) is 14.5 Å². The fourth-order valence-corrected chi connectivity index (χ4v) is 3.31. The van der Waals surface area contributed by atoms with Gasteiger partial charge in [-0.05, 0) is 24.3 Å². The number of nitrogens with one attached hydrogen (secondary N) is 1. The molecule has 0 unspecified atom stereocenters. The van der Waals surface area contributed by atoms with E-state index in [0.717, 1.165) is 32.0 Å². The molecule has 0 radical (unpaired) electrons. The van der Waals surface area contributed by atoms with Crippen molar-refractivity contribution in [3.8, 4) is 0 Å². The highest BCUT2D eigenvalue weighted by Gasteiger charge is 2.23. The van der Waals surface area contributed by atoms with Crippen molar-refractivity contribution in [2.75, 3.05) is 42.9 Å². The molecular formula is C18H21N9O2. The minimum absolute atomic E-state index is 0.108. The SMILES string of the molecule is Cn1nnc2c(N3CCN(CC(=O)Nc4ccc(C(N)=O)cc4)CC3)ncnc21. The van der Waals surface area contributed by atoms with Crippen LogP contribution in [0.3, 0.4) is 0 Å². The topological polar surface area (TPSA) is 135 Å². The van der Waals surface area contributed by atoms with Crippen molar-refractivity contribution in [1.29, 1.82) is 0 Å². The molecule has 1 aliphatic heterocycles. The van der Waals surface area contributed by atoms with Gasteiger partial charge in [0.15, 0.2) is 17.0 Å². The summed E-state index contributed by atoms with van der Waals surface area (Å²) in [7, 11) is 1.80. The van der Waals surface area contributed by atoms with Crippen LogP contribution in [0.25, 0.3) is 11.2 Å². The number of anilines is 2. The maximum atomic E-state index is 12.3. The van der Waals surface area contributed by atoms with Crippen LogP contribution in [0.1, 0.15) is 10.4 Å². The molecule has 0 aliphatic carbocycles. The number of piperazine rings is 1. The molecule has 1 aliphatic rings. The largest absolute Gasteiger partial charge is 0.366 e. The number of rotatable bonds is 5. The molecule has 11 nitrogen and oxygen atoms in total. The van der Waals surface area contributed by atoms with E-state index < -0.39 is 5.91 Å². The van der Waals surface area contributed by atoms with Crippen LogP contribution in [-0.2, 0) is 11.8 Å². The van der Waals surface area contributed by atoms with Crippen molar-refractivity contribution in [1.82, 2.24) is 29.9 Å². The number of nitrogens with zero attached hydrogens (tertiary/aromatic N) is 7. The second kappa shape index (κ2) is 7.80. The van der Waals surface area contributed by atoms with E-state index in [1.54, 1.807) is 36.0 Å². The van der Waals surface area contributed by atoms with Gasteiger partial charge in [0.1, 0.15) is 6.33 Å². The maximum absolute atomic E-state index is 12.3. The van der Waals surface area contributed by atoms with E-state index in [9.17, 15) is 9.59 Å². The molecular weight excluding hydrogens is 374 g/mol. The molecule has 150 valence electrons. The number of amides is 2. The number of carbonyl (C=O) groups excluding carboxylic acids is 2. The summed E-state index contributed by atoms with van der Waals surface area (Å²) in [4.78, 5) is 36.2. The van der Waals surface area contributed by atoms with Crippen LogP contribution < -0.4 is 16.0 Å². The highest BCUT2D eigenvalue weighted by Crippen LogP contribution is 2.21. The van der Waals surface area contributed by atoms with Crippen LogP contribution in [0.4, 0.5) is 11.5 Å². The van der Waals surface area contributed by atoms with Gasteiger partial charge >= 0.3 is 0 Å². The zero-order valence-electron chi connectivity index (χ0n) is 15.9. The first-order chi connectivity index (χ1) is 14.0. The molecule has 1 saturated heterocycles. The molecule has 4 rings (SSSR count). The lowest BCUT2D eigenvalue weighted by Gasteiger charge is -2.34. The molecule has 0 spiro atoms. The second-order valence-corrected chi connectivity index (χ2v) is 6.84. The summed E-state index contributed by atoms with van der Waals surface area (Å²) >= 11 is 0. The van der Waals surface area contributed by atoms with Gasteiger partial charge in [-0.1, -0.05) is 5.21 Å². The summed E-state index contributed by atoms with van der Waals surface area (Å²) in [6.07, 6.45) is 1.52. The molecule has 3 aromatic rings. The Morgan fingerprint density at radius 2 is 1.83 bits per heavy atom. The Kier molecular flexibility index (Phi) is 5.04. The normalized spacial score (nSPS) is 14.9. The Labute approximate surface area is 166 Å². The van der Waals surface area contributed by atoms with Crippen LogP contribution in [-0.4, -0.2) is 74.4 Å². The lowest BCUT2D eigenvalue weighted by molar-refractivity contribution is -0.117. The quantitative estimate of drug-likeness (QED) is 0.597. The fraction of sp³-hybridized carbons (Fsp3) is 0.333. The third kappa shape index (κ3) is 3.99. The number of hydrogen-bond acceptors (Lipinski definition) is 8. The number of hydrogen-bond donors (Lipinski definition) is 2. The molecule has 11 heteroatoms. The minimum Gasteiger partial charge on any atom is -0.366 e. The Morgan fingerprint density at radius 3 is 2.52 bits per heavy atom. The molecule has 3 heterocycles. The Morgan fingerprint density at radius 1 is 1.10 bits per heavy atom. The lowest BCUT2D eigenvalue weighted by atomic mass is 10.2. The number of nitrogens with two attached hydrogens (primary N) is 1. The molecule has 1 aromatic carbocycles. The average Bonchev–Trinajstić information content (AvgIpc) is 3.10. The number of benzene rings is 1. The highest BCUT2D eigenvalue weighted by atomic mass is 16.2. The van der Waals surface area contributed by atoms with Crippen LogP contribution in [0.2, 0.25) is 0 Å². The monoisotopic (exact) mass is 395 g/mol. The van der Waals surface area contributed by atoms with E-state index in [-0.39, 0.29) is 12.5 Å².